The third-order valence-electron chi connectivity index (χ3n) is 4.39. The molecule has 1 N–H and O–H groups in total. The number of carbonyl (C=O) groups is 1. The molecule has 0 spiro atoms. The fraction of sp³-hybridized carbons (Fsp3) is 0.211. The van der Waals surface area contributed by atoms with Gasteiger partial charge in [0, 0.05) is 25.1 Å². The molecular weight excluding hydrogens is 399 g/mol. The van der Waals surface area contributed by atoms with Gasteiger partial charge in [-0.2, -0.15) is 10.5 Å². The number of nitriles is 2. The van der Waals surface area contributed by atoms with Crippen LogP contribution < -0.4 is 0 Å². The minimum Gasteiger partial charge on any atom is -0.336 e. The first kappa shape index (κ1) is 20.6. The highest BCUT2D eigenvalue weighted by Gasteiger charge is 2.31. The van der Waals surface area contributed by atoms with E-state index < -0.39 is 23.4 Å². The summed E-state index contributed by atoms with van der Waals surface area (Å²) in [7, 11) is 0. The first-order valence-electron chi connectivity index (χ1n) is 8.63. The number of aromatic nitrogens is 4. The van der Waals surface area contributed by atoms with Gasteiger partial charge < -0.3 is 14.5 Å². The topological polar surface area (TPSA) is 114 Å². The molecule has 1 atom stereocenters. The molecule has 0 radical (unpaired) electrons. The van der Waals surface area contributed by atoms with Gasteiger partial charge in [-0.25, -0.2) is 23.1 Å². The van der Waals surface area contributed by atoms with Crippen LogP contribution in [-0.4, -0.2) is 36.9 Å². The van der Waals surface area contributed by atoms with Gasteiger partial charge in [0.25, 0.3) is 0 Å². The second-order valence-corrected chi connectivity index (χ2v) is 6.42. The van der Waals surface area contributed by atoms with E-state index in [2.05, 4.69) is 15.0 Å². The number of halogens is 3. The molecule has 1 unspecified atom stereocenters. The van der Waals surface area contributed by atoms with Crippen molar-refractivity contribution in [2.45, 2.75) is 19.0 Å². The van der Waals surface area contributed by atoms with Crippen molar-refractivity contribution in [1.29, 1.82) is 10.5 Å². The van der Waals surface area contributed by atoms with E-state index in [4.69, 9.17) is 10.5 Å². The van der Waals surface area contributed by atoms with Gasteiger partial charge in [0.1, 0.15) is 17.8 Å². The smallest absolute Gasteiger partial charge is 0.224 e. The largest absolute Gasteiger partial charge is 0.336 e. The summed E-state index contributed by atoms with van der Waals surface area (Å²) < 4.78 is 41.2. The zero-order valence-corrected chi connectivity index (χ0v) is 15.4. The van der Waals surface area contributed by atoms with Crippen LogP contribution in [0.1, 0.15) is 29.3 Å². The standard InChI is InChI=1S/C15H11F3N4O.C4H3N3/c16-12-1-9(2-13(17)15(12)18)10-3-14(23)22(5-10)8-21-6-11(4-19)20-7-21;5-1-4-2-6-3-7-4/h1-2,6-7,10H,3,5,8H2;2-3H,(H,6,7). The summed E-state index contributed by atoms with van der Waals surface area (Å²) in [5.41, 5.74) is 0.983. The van der Waals surface area contributed by atoms with Crippen LogP contribution in [0.3, 0.4) is 0 Å². The Bertz CT molecular complexity index is 1100. The number of benzene rings is 1. The summed E-state index contributed by atoms with van der Waals surface area (Å²) in [6, 6.07) is 5.61. The van der Waals surface area contributed by atoms with Crippen LogP contribution in [0.15, 0.2) is 37.2 Å². The van der Waals surface area contributed by atoms with Gasteiger partial charge in [0.15, 0.2) is 23.1 Å². The Morgan fingerprint density at radius 2 is 1.93 bits per heavy atom. The number of H-pyrrole nitrogens is 1. The molecular formula is C19H14F3N7O. The minimum atomic E-state index is -1.52. The Morgan fingerprint density at radius 3 is 2.47 bits per heavy atom. The fourth-order valence-electron chi connectivity index (χ4n) is 2.95. The number of rotatable bonds is 3. The molecule has 152 valence electrons. The van der Waals surface area contributed by atoms with Crippen LogP contribution in [0.5, 0.6) is 0 Å². The number of aromatic amines is 1. The number of imidazole rings is 2. The number of nitrogens with zero attached hydrogens (tertiary/aromatic N) is 6. The fourth-order valence-corrected chi connectivity index (χ4v) is 2.95. The number of hydrogen-bond acceptors (Lipinski definition) is 5. The molecule has 1 fully saturated rings. The normalized spacial score (nSPS) is 15.3. The molecule has 11 heteroatoms. The zero-order chi connectivity index (χ0) is 21.7. The second-order valence-electron chi connectivity index (χ2n) is 6.42. The zero-order valence-electron chi connectivity index (χ0n) is 15.4. The summed E-state index contributed by atoms with van der Waals surface area (Å²) in [4.78, 5) is 23.6. The lowest BCUT2D eigenvalue weighted by atomic mass is 9.98. The lowest BCUT2D eigenvalue weighted by molar-refractivity contribution is -0.129. The molecule has 0 saturated carbocycles. The molecule has 1 saturated heterocycles. The van der Waals surface area contributed by atoms with E-state index in [0.717, 1.165) is 12.1 Å². The van der Waals surface area contributed by atoms with E-state index in [1.165, 1.54) is 29.9 Å². The summed E-state index contributed by atoms with van der Waals surface area (Å²) >= 11 is 0. The van der Waals surface area contributed by atoms with Crippen molar-refractivity contribution in [2.75, 3.05) is 6.54 Å². The van der Waals surface area contributed by atoms with Crippen molar-refractivity contribution in [3.05, 3.63) is 71.6 Å². The molecule has 1 aliphatic rings. The lowest BCUT2D eigenvalue weighted by Crippen LogP contribution is -2.27. The van der Waals surface area contributed by atoms with E-state index in [0.29, 0.717) is 5.69 Å². The third kappa shape index (κ3) is 4.64. The second kappa shape index (κ2) is 8.92. The van der Waals surface area contributed by atoms with E-state index in [1.807, 2.05) is 12.1 Å². The van der Waals surface area contributed by atoms with Crippen molar-refractivity contribution in [2.24, 2.45) is 0 Å². The Kier molecular flexibility index (Phi) is 6.13. The van der Waals surface area contributed by atoms with E-state index in [9.17, 15) is 18.0 Å². The van der Waals surface area contributed by atoms with E-state index in [-0.39, 0.29) is 36.8 Å². The van der Waals surface area contributed by atoms with Crippen molar-refractivity contribution >= 4 is 5.91 Å². The quantitative estimate of drug-likeness (QED) is 0.663. The highest BCUT2D eigenvalue weighted by Crippen LogP contribution is 2.30. The molecule has 1 aromatic carbocycles. The highest BCUT2D eigenvalue weighted by molar-refractivity contribution is 5.79. The summed E-state index contributed by atoms with van der Waals surface area (Å²) in [6.07, 6.45) is 5.96. The molecule has 30 heavy (non-hydrogen) atoms. The monoisotopic (exact) mass is 413 g/mol. The number of amides is 1. The first-order valence-corrected chi connectivity index (χ1v) is 8.63. The van der Waals surface area contributed by atoms with Gasteiger partial charge in [-0.1, -0.05) is 0 Å². The maximum atomic E-state index is 13.3. The van der Waals surface area contributed by atoms with Crippen LogP contribution in [-0.2, 0) is 11.5 Å². The Hall–Kier alpha value is -4.12. The highest BCUT2D eigenvalue weighted by atomic mass is 19.2. The summed E-state index contributed by atoms with van der Waals surface area (Å²) in [5, 5.41) is 16.8. The molecule has 2 aromatic heterocycles. The molecule has 4 rings (SSSR count). The van der Waals surface area contributed by atoms with E-state index in [1.54, 1.807) is 4.57 Å². The van der Waals surface area contributed by atoms with Crippen LogP contribution in [0.4, 0.5) is 13.2 Å². The molecule has 8 nitrogen and oxygen atoms in total. The van der Waals surface area contributed by atoms with Crippen LogP contribution in [0.25, 0.3) is 0 Å². The average molecular weight is 413 g/mol. The lowest BCUT2D eigenvalue weighted by Gasteiger charge is -2.17. The molecule has 0 aliphatic carbocycles. The maximum absolute atomic E-state index is 13.3. The predicted molar refractivity (Wildman–Crippen MR) is 95.6 cm³/mol. The molecule has 0 bridgehead atoms. The molecule has 3 aromatic rings. The van der Waals surface area contributed by atoms with Crippen molar-refractivity contribution in [1.82, 2.24) is 24.4 Å². The van der Waals surface area contributed by atoms with Crippen LogP contribution in [0.2, 0.25) is 0 Å². The van der Waals surface area contributed by atoms with Crippen LogP contribution >= 0.6 is 0 Å². The number of likely N-dealkylation sites (tertiary alicyclic amines) is 1. The van der Waals surface area contributed by atoms with Gasteiger partial charge in [-0.3, -0.25) is 4.79 Å². The van der Waals surface area contributed by atoms with Gasteiger partial charge in [0.2, 0.25) is 5.91 Å². The molecule has 1 aliphatic heterocycles. The SMILES string of the molecule is N#Cc1cn(CN2CC(c3cc(F)c(F)c(F)c3)CC2=O)cn1.N#Cc1cnc[nH]1. The molecule has 3 heterocycles. The average Bonchev–Trinajstić information content (AvgIpc) is 3.48. The van der Waals surface area contributed by atoms with Gasteiger partial charge >= 0.3 is 0 Å². The first-order chi connectivity index (χ1) is 14.4. The maximum Gasteiger partial charge on any atom is 0.224 e. The van der Waals surface area contributed by atoms with Gasteiger partial charge in [-0.15, -0.1) is 0 Å². The van der Waals surface area contributed by atoms with Gasteiger partial charge in [0.05, 0.1) is 25.5 Å². The van der Waals surface area contributed by atoms with Crippen LogP contribution in [0, 0.1) is 40.1 Å². The predicted octanol–water partition coefficient (Wildman–Crippen LogP) is 2.43. The third-order valence-corrected chi connectivity index (χ3v) is 4.39. The number of carbonyl (C=O) groups excluding carboxylic acids is 1. The number of nitrogens with one attached hydrogen (secondary N) is 1. The number of hydrogen-bond donors (Lipinski definition) is 1. The van der Waals surface area contributed by atoms with E-state index >= 15 is 0 Å². The summed E-state index contributed by atoms with van der Waals surface area (Å²) in [5.74, 6) is -4.64. The van der Waals surface area contributed by atoms with Crippen molar-refractivity contribution in [3.8, 4) is 12.1 Å². The Balaban J connectivity index is 0.000000310. The Morgan fingerprint density at radius 1 is 1.20 bits per heavy atom. The Labute approximate surface area is 168 Å². The van der Waals surface area contributed by atoms with Crippen molar-refractivity contribution in [3.63, 3.8) is 0 Å². The van der Waals surface area contributed by atoms with Gasteiger partial charge in [-0.05, 0) is 17.7 Å². The minimum absolute atomic E-state index is 0.0876. The molecule has 1 amide bonds. The summed E-state index contributed by atoms with van der Waals surface area (Å²) in [6.45, 7) is 0.444. The van der Waals surface area contributed by atoms with Crippen molar-refractivity contribution < 1.29 is 18.0 Å².